The molecular weight excluding hydrogens is 448 g/mol. The molecule has 1 aliphatic heterocycles. The number of hydrogen-bond donors (Lipinski definition) is 2. The molecular formula is C27H34N2O6. The molecule has 1 atom stereocenters. The Morgan fingerprint density at radius 1 is 1.03 bits per heavy atom. The predicted octanol–water partition coefficient (Wildman–Crippen LogP) is 5.28. The lowest BCUT2D eigenvalue weighted by Gasteiger charge is -2.30. The van der Waals surface area contributed by atoms with Gasteiger partial charge < -0.3 is 19.9 Å². The molecule has 1 unspecified atom stereocenters. The third kappa shape index (κ3) is 5.65. The van der Waals surface area contributed by atoms with Crippen molar-refractivity contribution in [3.05, 3.63) is 63.2 Å². The summed E-state index contributed by atoms with van der Waals surface area (Å²) in [5, 5.41) is 12.6. The van der Waals surface area contributed by atoms with Gasteiger partial charge in [-0.25, -0.2) is 9.59 Å². The average molecular weight is 483 g/mol. The number of rotatable bonds is 6. The molecule has 2 aromatic carbocycles. The highest BCUT2D eigenvalue weighted by molar-refractivity contribution is 6.06. The van der Waals surface area contributed by atoms with Crippen LogP contribution in [0.2, 0.25) is 0 Å². The van der Waals surface area contributed by atoms with Crippen LogP contribution in [0.3, 0.4) is 0 Å². The molecule has 188 valence electrons. The molecule has 0 aromatic heterocycles. The summed E-state index contributed by atoms with van der Waals surface area (Å²) >= 11 is 0. The summed E-state index contributed by atoms with van der Waals surface area (Å²) in [6, 6.07) is 7.18. The maximum atomic E-state index is 13.2. The van der Waals surface area contributed by atoms with Crippen molar-refractivity contribution in [2.75, 3.05) is 11.9 Å². The van der Waals surface area contributed by atoms with Gasteiger partial charge in [0.25, 0.3) is 5.91 Å². The van der Waals surface area contributed by atoms with Crippen LogP contribution in [0.4, 0.5) is 10.5 Å². The van der Waals surface area contributed by atoms with Crippen LogP contribution in [0.5, 0.6) is 0 Å². The number of carbonyl (C=O) groups excluding carboxylic acids is 2. The second kappa shape index (κ2) is 10.1. The van der Waals surface area contributed by atoms with Crippen molar-refractivity contribution in [1.29, 1.82) is 0 Å². The summed E-state index contributed by atoms with van der Waals surface area (Å²) in [5.74, 6) is -0.899. The van der Waals surface area contributed by atoms with Gasteiger partial charge in [-0.15, -0.1) is 0 Å². The molecule has 1 aliphatic rings. The Labute approximate surface area is 206 Å². The van der Waals surface area contributed by atoms with Gasteiger partial charge in [0.15, 0.2) is 6.10 Å². The Balaban J connectivity index is 2.21. The first kappa shape index (κ1) is 26.2. The molecule has 0 saturated heterocycles. The van der Waals surface area contributed by atoms with Crippen molar-refractivity contribution in [3.63, 3.8) is 0 Å². The Bertz CT molecular complexity index is 1150. The van der Waals surface area contributed by atoms with E-state index in [9.17, 15) is 19.5 Å². The molecule has 2 amide bonds. The first-order chi connectivity index (χ1) is 16.3. The second-order valence-electron chi connectivity index (χ2n) is 9.82. The van der Waals surface area contributed by atoms with E-state index in [2.05, 4.69) is 5.32 Å². The van der Waals surface area contributed by atoms with Crippen LogP contribution >= 0.6 is 0 Å². The van der Waals surface area contributed by atoms with E-state index in [1.807, 2.05) is 53.7 Å². The zero-order valence-corrected chi connectivity index (χ0v) is 21.4. The first-order valence-electron chi connectivity index (χ1n) is 11.7. The highest BCUT2D eigenvalue weighted by Gasteiger charge is 2.37. The van der Waals surface area contributed by atoms with E-state index < -0.39 is 23.8 Å². The zero-order chi connectivity index (χ0) is 26.1. The van der Waals surface area contributed by atoms with Gasteiger partial charge in [-0.3, -0.25) is 9.69 Å². The van der Waals surface area contributed by atoms with Crippen molar-refractivity contribution in [1.82, 2.24) is 4.90 Å². The maximum Gasteiger partial charge on any atom is 0.407 e. The number of ether oxygens (including phenoxy) is 2. The molecule has 0 bridgehead atoms. The van der Waals surface area contributed by atoms with Crippen molar-refractivity contribution in [2.24, 2.45) is 0 Å². The summed E-state index contributed by atoms with van der Waals surface area (Å²) in [7, 11) is 0. The smallest absolute Gasteiger partial charge is 0.407 e. The van der Waals surface area contributed by atoms with Crippen LogP contribution in [0.25, 0.3) is 0 Å². The minimum Gasteiger partial charge on any atom is -0.465 e. The number of carboxylic acid groups (broad SMARTS) is 1. The van der Waals surface area contributed by atoms with Gasteiger partial charge in [0.1, 0.15) is 0 Å². The molecule has 35 heavy (non-hydrogen) atoms. The van der Waals surface area contributed by atoms with Crippen LogP contribution in [-0.4, -0.2) is 40.2 Å². The standard InChI is InChI=1S/C27H34N2O6/c1-8-34-25(31)23(35-27(5,6)7)21-16(3)19-13-29(26(32)33)14-20(19)17(4)22(21)28-24(30)18-11-9-15(2)10-12-18/h9-12,23H,8,13-14H2,1-7H3,(H,28,30)(H,32,33). The van der Waals surface area contributed by atoms with E-state index in [0.717, 1.165) is 16.7 Å². The topological polar surface area (TPSA) is 105 Å². The minimum absolute atomic E-state index is 0.170. The molecule has 1 heterocycles. The lowest BCUT2D eigenvalue weighted by atomic mass is 9.89. The zero-order valence-electron chi connectivity index (χ0n) is 21.4. The molecule has 8 heteroatoms. The molecule has 0 saturated carbocycles. The molecule has 0 fully saturated rings. The maximum absolute atomic E-state index is 13.2. The van der Waals surface area contributed by atoms with Crippen molar-refractivity contribution < 1.29 is 29.0 Å². The largest absolute Gasteiger partial charge is 0.465 e. The van der Waals surface area contributed by atoms with Crippen molar-refractivity contribution in [2.45, 2.75) is 73.3 Å². The summed E-state index contributed by atoms with van der Waals surface area (Å²) in [4.78, 5) is 39.4. The van der Waals surface area contributed by atoms with Gasteiger partial charge in [0.2, 0.25) is 0 Å². The fourth-order valence-corrected chi connectivity index (χ4v) is 4.33. The van der Waals surface area contributed by atoms with Crippen molar-refractivity contribution in [3.8, 4) is 0 Å². The third-order valence-electron chi connectivity index (χ3n) is 6.07. The molecule has 2 N–H and O–H groups in total. The van der Waals surface area contributed by atoms with Crippen LogP contribution in [0.1, 0.15) is 77.5 Å². The quantitative estimate of drug-likeness (QED) is 0.543. The van der Waals surface area contributed by atoms with Gasteiger partial charge in [0.05, 0.1) is 24.4 Å². The normalized spacial score (nSPS) is 13.9. The summed E-state index contributed by atoms with van der Waals surface area (Å²) in [5.41, 5.74) is 4.79. The fourth-order valence-electron chi connectivity index (χ4n) is 4.33. The molecule has 2 aromatic rings. The lowest BCUT2D eigenvalue weighted by Crippen LogP contribution is -2.31. The lowest BCUT2D eigenvalue weighted by molar-refractivity contribution is -0.166. The number of nitrogens with one attached hydrogen (secondary N) is 1. The summed E-state index contributed by atoms with van der Waals surface area (Å²) in [6.07, 6.45) is -2.13. The van der Waals surface area contributed by atoms with Gasteiger partial charge in [0, 0.05) is 17.7 Å². The van der Waals surface area contributed by atoms with Crippen LogP contribution in [-0.2, 0) is 27.4 Å². The van der Waals surface area contributed by atoms with Crippen molar-refractivity contribution >= 4 is 23.7 Å². The summed E-state index contributed by atoms with van der Waals surface area (Å²) < 4.78 is 11.6. The number of esters is 1. The number of nitrogens with zero attached hydrogens (tertiary/aromatic N) is 1. The Kier molecular flexibility index (Phi) is 7.55. The monoisotopic (exact) mass is 482 g/mol. The van der Waals surface area contributed by atoms with Gasteiger partial charge in [-0.1, -0.05) is 17.7 Å². The van der Waals surface area contributed by atoms with Gasteiger partial charge in [-0.2, -0.15) is 0 Å². The number of aryl methyl sites for hydroxylation is 1. The van der Waals surface area contributed by atoms with Crippen LogP contribution in [0, 0.1) is 20.8 Å². The number of carbonyl (C=O) groups is 3. The van der Waals surface area contributed by atoms with E-state index in [1.54, 1.807) is 19.1 Å². The average Bonchev–Trinajstić information content (AvgIpc) is 3.23. The molecule has 0 radical (unpaired) electrons. The van der Waals surface area contributed by atoms with Gasteiger partial charge >= 0.3 is 12.1 Å². The Morgan fingerprint density at radius 2 is 1.60 bits per heavy atom. The van der Waals surface area contributed by atoms with Crippen LogP contribution in [0.15, 0.2) is 24.3 Å². The molecule has 8 nitrogen and oxygen atoms in total. The second-order valence-corrected chi connectivity index (χ2v) is 9.82. The third-order valence-corrected chi connectivity index (χ3v) is 6.07. The highest BCUT2D eigenvalue weighted by Crippen LogP contribution is 2.42. The molecule has 0 aliphatic carbocycles. The Morgan fingerprint density at radius 3 is 2.11 bits per heavy atom. The number of anilines is 1. The first-order valence-corrected chi connectivity index (χ1v) is 11.7. The molecule has 0 spiro atoms. The van der Waals surface area contributed by atoms with E-state index in [-0.39, 0.29) is 25.6 Å². The number of benzene rings is 2. The van der Waals surface area contributed by atoms with E-state index >= 15 is 0 Å². The van der Waals surface area contributed by atoms with E-state index in [0.29, 0.717) is 27.9 Å². The van der Waals surface area contributed by atoms with Crippen LogP contribution < -0.4 is 5.32 Å². The number of amides is 2. The fraction of sp³-hybridized carbons (Fsp3) is 0.444. The highest BCUT2D eigenvalue weighted by atomic mass is 16.6. The summed E-state index contributed by atoms with van der Waals surface area (Å²) in [6.45, 7) is 13.4. The minimum atomic E-state index is -1.11. The van der Waals surface area contributed by atoms with E-state index in [4.69, 9.17) is 9.47 Å². The van der Waals surface area contributed by atoms with E-state index in [1.165, 1.54) is 4.90 Å². The predicted molar refractivity (Wildman–Crippen MR) is 133 cm³/mol. The number of fused-ring (bicyclic) bond motifs is 1. The molecule has 3 rings (SSSR count). The Hall–Kier alpha value is -3.39. The van der Waals surface area contributed by atoms with Gasteiger partial charge in [-0.05, 0) is 82.9 Å². The number of hydrogen-bond acceptors (Lipinski definition) is 5. The SMILES string of the molecule is CCOC(=O)C(OC(C)(C)C)c1c(C)c2c(c(C)c1NC(=O)c1ccc(C)cc1)CN(C(=O)O)C2.